The number of anilines is 1. The highest BCUT2D eigenvalue weighted by molar-refractivity contribution is 6.32. The maximum atomic E-state index is 6.40. The molecular weight excluding hydrogens is 392 g/mol. The second kappa shape index (κ2) is 9.17. The Hall–Kier alpha value is -2.74. The van der Waals surface area contributed by atoms with Gasteiger partial charge in [0.1, 0.15) is 0 Å². The number of halogens is 1. The molecule has 1 aromatic heterocycles. The van der Waals surface area contributed by atoms with Gasteiger partial charge in [-0.2, -0.15) is 0 Å². The van der Waals surface area contributed by atoms with Crippen molar-refractivity contribution >= 4 is 23.5 Å². The van der Waals surface area contributed by atoms with Gasteiger partial charge in [0, 0.05) is 58.6 Å². The van der Waals surface area contributed by atoms with Crippen LogP contribution >= 0.6 is 11.6 Å². The van der Waals surface area contributed by atoms with Crippen LogP contribution in [-0.4, -0.2) is 67.3 Å². The van der Waals surface area contributed by atoms with Crippen LogP contribution in [0.4, 0.5) is 5.95 Å². The zero-order valence-electron chi connectivity index (χ0n) is 16.5. The Labute approximate surface area is 175 Å². The zero-order chi connectivity index (χ0) is 20.1. The van der Waals surface area contributed by atoms with E-state index >= 15 is 0 Å². The van der Waals surface area contributed by atoms with E-state index in [1.807, 2.05) is 18.2 Å². The molecule has 3 heterocycles. The van der Waals surface area contributed by atoms with Crippen LogP contribution in [0.1, 0.15) is 12.0 Å². The first-order valence-electron chi connectivity index (χ1n) is 9.80. The van der Waals surface area contributed by atoms with Crippen LogP contribution in [0.15, 0.2) is 35.6 Å². The first-order valence-corrected chi connectivity index (χ1v) is 10.2. The molecular formula is C20H25ClN6O2. The van der Waals surface area contributed by atoms with Gasteiger partial charge in [0.05, 0.1) is 18.2 Å². The molecule has 9 heteroatoms. The van der Waals surface area contributed by atoms with Gasteiger partial charge in [-0.3, -0.25) is 4.99 Å². The van der Waals surface area contributed by atoms with Gasteiger partial charge < -0.3 is 24.6 Å². The molecule has 2 aliphatic heterocycles. The van der Waals surface area contributed by atoms with Gasteiger partial charge in [-0.25, -0.2) is 9.97 Å². The number of guanidine groups is 1. The number of nitrogens with one attached hydrogen (secondary N) is 1. The van der Waals surface area contributed by atoms with Crippen LogP contribution in [0.5, 0.6) is 11.5 Å². The highest BCUT2D eigenvalue weighted by atomic mass is 35.5. The maximum absolute atomic E-state index is 6.40. The molecule has 0 saturated carbocycles. The molecule has 4 rings (SSSR count). The van der Waals surface area contributed by atoms with Crippen molar-refractivity contribution in [3.63, 3.8) is 0 Å². The highest BCUT2D eigenvalue weighted by Crippen LogP contribution is 2.37. The van der Waals surface area contributed by atoms with Gasteiger partial charge in [0.2, 0.25) is 5.95 Å². The molecule has 1 fully saturated rings. The number of nitrogens with zero attached hydrogens (tertiary/aromatic N) is 5. The standard InChI is InChI=1S/C20H25ClN6O2/c1-22-19(26-6-8-27(9-7-26)20-23-4-2-5-24-20)25-14-15-12-16(21)18-17(13-15)28-10-3-11-29-18/h2,4-5,12-13H,3,6-11,14H2,1H3,(H,22,25). The summed E-state index contributed by atoms with van der Waals surface area (Å²) in [6.45, 7) is 5.25. The monoisotopic (exact) mass is 416 g/mol. The number of aromatic nitrogens is 2. The molecule has 2 aromatic rings. The van der Waals surface area contributed by atoms with Gasteiger partial charge in [0.15, 0.2) is 17.5 Å². The lowest BCUT2D eigenvalue weighted by molar-refractivity contribution is 0.297. The molecule has 1 aromatic carbocycles. The van der Waals surface area contributed by atoms with E-state index in [0.717, 1.165) is 50.1 Å². The molecule has 0 atom stereocenters. The second-order valence-corrected chi connectivity index (χ2v) is 7.29. The van der Waals surface area contributed by atoms with Gasteiger partial charge >= 0.3 is 0 Å². The Balaban J connectivity index is 1.36. The Morgan fingerprint density at radius 1 is 1.14 bits per heavy atom. The van der Waals surface area contributed by atoms with Crippen LogP contribution in [0.25, 0.3) is 0 Å². The Bertz CT molecular complexity index is 856. The molecule has 2 aliphatic rings. The van der Waals surface area contributed by atoms with Crippen molar-refractivity contribution in [1.29, 1.82) is 0 Å². The van der Waals surface area contributed by atoms with E-state index < -0.39 is 0 Å². The fourth-order valence-corrected chi connectivity index (χ4v) is 3.76. The molecule has 8 nitrogen and oxygen atoms in total. The van der Waals surface area contributed by atoms with Crippen molar-refractivity contribution in [1.82, 2.24) is 20.2 Å². The minimum absolute atomic E-state index is 0.577. The zero-order valence-corrected chi connectivity index (χ0v) is 17.2. The predicted octanol–water partition coefficient (Wildman–Crippen LogP) is 2.19. The number of fused-ring (bicyclic) bond motifs is 1. The first-order chi connectivity index (χ1) is 14.2. The fraction of sp³-hybridized carbons (Fsp3) is 0.450. The van der Waals surface area contributed by atoms with E-state index in [2.05, 4.69) is 30.1 Å². The number of rotatable bonds is 3. The lowest BCUT2D eigenvalue weighted by atomic mass is 10.2. The molecule has 1 saturated heterocycles. The van der Waals surface area contributed by atoms with E-state index in [1.165, 1.54) is 0 Å². The summed E-state index contributed by atoms with van der Waals surface area (Å²) in [5.41, 5.74) is 1.02. The van der Waals surface area contributed by atoms with E-state index in [1.54, 1.807) is 19.4 Å². The molecule has 0 radical (unpaired) electrons. The minimum Gasteiger partial charge on any atom is -0.489 e. The molecule has 0 unspecified atom stereocenters. The summed E-state index contributed by atoms with van der Waals surface area (Å²) in [7, 11) is 1.80. The SMILES string of the molecule is CN=C(NCc1cc(Cl)c2c(c1)OCCCO2)N1CCN(c2ncccn2)CC1. The smallest absolute Gasteiger partial charge is 0.225 e. The molecule has 29 heavy (non-hydrogen) atoms. The maximum Gasteiger partial charge on any atom is 0.225 e. The minimum atomic E-state index is 0.577. The summed E-state index contributed by atoms with van der Waals surface area (Å²) >= 11 is 6.40. The Morgan fingerprint density at radius 2 is 1.90 bits per heavy atom. The number of aliphatic imine (C=N–C) groups is 1. The summed E-state index contributed by atoms with van der Waals surface area (Å²) in [5.74, 6) is 2.98. The van der Waals surface area contributed by atoms with E-state index in [0.29, 0.717) is 36.3 Å². The average molecular weight is 417 g/mol. The number of hydrogen-bond acceptors (Lipinski definition) is 6. The lowest BCUT2D eigenvalue weighted by Crippen LogP contribution is -2.52. The second-order valence-electron chi connectivity index (χ2n) is 6.88. The van der Waals surface area contributed by atoms with Crippen LogP contribution in [0, 0.1) is 0 Å². The van der Waals surface area contributed by atoms with E-state index in [-0.39, 0.29) is 0 Å². The lowest BCUT2D eigenvalue weighted by Gasteiger charge is -2.36. The number of piperazine rings is 1. The fourth-order valence-electron chi connectivity index (χ4n) is 3.47. The summed E-state index contributed by atoms with van der Waals surface area (Å²) in [6, 6.07) is 5.73. The number of ether oxygens (including phenoxy) is 2. The molecule has 1 N–H and O–H groups in total. The van der Waals surface area contributed by atoms with Crippen molar-refractivity contribution in [3.8, 4) is 11.5 Å². The first kappa shape index (κ1) is 19.6. The molecule has 0 spiro atoms. The van der Waals surface area contributed by atoms with Crippen molar-refractivity contribution in [2.75, 3.05) is 51.3 Å². The number of benzene rings is 1. The molecule has 0 amide bonds. The third kappa shape index (κ3) is 4.64. The van der Waals surface area contributed by atoms with Crippen LogP contribution in [-0.2, 0) is 6.54 Å². The Kier molecular flexibility index (Phi) is 6.19. The van der Waals surface area contributed by atoms with Crippen LogP contribution in [0.2, 0.25) is 5.02 Å². The van der Waals surface area contributed by atoms with Crippen molar-refractivity contribution in [2.45, 2.75) is 13.0 Å². The van der Waals surface area contributed by atoms with Crippen molar-refractivity contribution < 1.29 is 9.47 Å². The normalized spacial score (nSPS) is 17.1. The predicted molar refractivity (Wildman–Crippen MR) is 113 cm³/mol. The summed E-state index contributed by atoms with van der Waals surface area (Å²) in [4.78, 5) is 17.5. The van der Waals surface area contributed by atoms with E-state index in [9.17, 15) is 0 Å². The summed E-state index contributed by atoms with van der Waals surface area (Å²) in [6.07, 6.45) is 4.40. The third-order valence-electron chi connectivity index (χ3n) is 4.94. The van der Waals surface area contributed by atoms with E-state index in [4.69, 9.17) is 21.1 Å². The average Bonchev–Trinajstić information content (AvgIpc) is 3.01. The largest absolute Gasteiger partial charge is 0.489 e. The third-order valence-corrected chi connectivity index (χ3v) is 5.22. The van der Waals surface area contributed by atoms with Crippen LogP contribution < -0.4 is 19.7 Å². The summed E-state index contributed by atoms with van der Waals surface area (Å²) in [5, 5.41) is 4.01. The molecule has 0 aliphatic carbocycles. The summed E-state index contributed by atoms with van der Waals surface area (Å²) < 4.78 is 11.5. The Morgan fingerprint density at radius 3 is 2.66 bits per heavy atom. The van der Waals surface area contributed by atoms with Gasteiger partial charge in [0.25, 0.3) is 0 Å². The van der Waals surface area contributed by atoms with Crippen molar-refractivity contribution in [2.24, 2.45) is 4.99 Å². The molecule has 154 valence electrons. The van der Waals surface area contributed by atoms with Crippen molar-refractivity contribution in [3.05, 3.63) is 41.2 Å². The van der Waals surface area contributed by atoms with Crippen LogP contribution in [0.3, 0.4) is 0 Å². The van der Waals surface area contributed by atoms with Gasteiger partial charge in [-0.15, -0.1) is 0 Å². The highest BCUT2D eigenvalue weighted by Gasteiger charge is 2.21. The number of hydrogen-bond donors (Lipinski definition) is 1. The van der Waals surface area contributed by atoms with Gasteiger partial charge in [-0.1, -0.05) is 11.6 Å². The molecule has 0 bridgehead atoms. The quantitative estimate of drug-likeness (QED) is 0.607. The van der Waals surface area contributed by atoms with Gasteiger partial charge in [-0.05, 0) is 23.8 Å². The topological polar surface area (TPSA) is 75.1 Å².